The molecule has 0 saturated heterocycles. The fraction of sp³-hybridized carbons (Fsp3) is 0.200. The van der Waals surface area contributed by atoms with Crippen molar-refractivity contribution in [1.29, 1.82) is 0 Å². The zero-order chi connectivity index (χ0) is 14.7. The molecule has 5 heteroatoms. The summed E-state index contributed by atoms with van der Waals surface area (Å²) >= 11 is 21.3. The summed E-state index contributed by atoms with van der Waals surface area (Å²) in [6.45, 7) is 2.44. The molecule has 0 aliphatic carbocycles. The van der Waals surface area contributed by atoms with E-state index in [1.807, 2.05) is 31.2 Å². The number of hydrogen-bond acceptors (Lipinski definition) is 1. The van der Waals surface area contributed by atoms with E-state index in [0.29, 0.717) is 22.4 Å². The highest BCUT2D eigenvalue weighted by atomic mass is 127. The molecule has 0 heterocycles. The van der Waals surface area contributed by atoms with E-state index < -0.39 is 0 Å². The average molecular weight is 442 g/mol. The van der Waals surface area contributed by atoms with Gasteiger partial charge in [-0.1, -0.05) is 41.4 Å². The van der Waals surface area contributed by atoms with E-state index in [0.717, 1.165) is 14.7 Å². The van der Waals surface area contributed by atoms with Crippen LogP contribution >= 0.6 is 57.4 Å². The second-order valence-electron chi connectivity index (χ2n) is 4.12. The van der Waals surface area contributed by atoms with Crippen molar-refractivity contribution >= 4 is 57.4 Å². The van der Waals surface area contributed by atoms with Gasteiger partial charge in [0.1, 0.15) is 5.75 Å². The smallest absolute Gasteiger partial charge is 0.139 e. The van der Waals surface area contributed by atoms with Gasteiger partial charge < -0.3 is 4.74 Å². The standard InChI is InChI=1S/C15H12Cl3IO/c1-2-20-14-8-11(16)10(7-12(14)17)15(18)9-5-3-4-6-13(9)19/h3-8,15H,2H2,1H3. The first-order valence-corrected chi connectivity index (χ1v) is 8.32. The van der Waals surface area contributed by atoms with Crippen LogP contribution in [0.3, 0.4) is 0 Å². The molecule has 2 rings (SSSR count). The van der Waals surface area contributed by atoms with Gasteiger partial charge in [-0.15, -0.1) is 11.6 Å². The number of ether oxygens (including phenoxy) is 1. The van der Waals surface area contributed by atoms with Crippen LogP contribution in [0.25, 0.3) is 0 Å². The van der Waals surface area contributed by atoms with Gasteiger partial charge in [-0.3, -0.25) is 0 Å². The van der Waals surface area contributed by atoms with Crippen LogP contribution in [0.2, 0.25) is 10.0 Å². The van der Waals surface area contributed by atoms with Gasteiger partial charge in [0.05, 0.1) is 17.0 Å². The monoisotopic (exact) mass is 440 g/mol. The maximum atomic E-state index is 6.55. The van der Waals surface area contributed by atoms with Crippen LogP contribution in [0.1, 0.15) is 23.4 Å². The number of rotatable bonds is 4. The molecule has 0 aromatic heterocycles. The van der Waals surface area contributed by atoms with Crippen molar-refractivity contribution in [3.63, 3.8) is 0 Å². The molecular formula is C15H12Cl3IO. The Labute approximate surface area is 147 Å². The Balaban J connectivity index is 2.43. The first-order chi connectivity index (χ1) is 9.54. The molecule has 0 aliphatic heterocycles. The Hall–Kier alpha value is -0.160. The van der Waals surface area contributed by atoms with Gasteiger partial charge in [0.2, 0.25) is 0 Å². The van der Waals surface area contributed by atoms with Crippen molar-refractivity contribution in [2.75, 3.05) is 6.61 Å². The average Bonchev–Trinajstić information content (AvgIpc) is 2.42. The number of halogens is 4. The summed E-state index contributed by atoms with van der Waals surface area (Å²) in [6.07, 6.45) is 0. The van der Waals surface area contributed by atoms with Crippen LogP contribution in [-0.4, -0.2) is 6.61 Å². The van der Waals surface area contributed by atoms with Crippen molar-refractivity contribution in [3.8, 4) is 5.75 Å². The summed E-state index contributed by atoms with van der Waals surface area (Å²) in [5.41, 5.74) is 1.79. The van der Waals surface area contributed by atoms with Gasteiger partial charge in [-0.05, 0) is 52.8 Å². The third-order valence-electron chi connectivity index (χ3n) is 2.80. The lowest BCUT2D eigenvalue weighted by atomic mass is 10.0. The molecular weight excluding hydrogens is 429 g/mol. The largest absolute Gasteiger partial charge is 0.492 e. The zero-order valence-electron chi connectivity index (χ0n) is 10.7. The van der Waals surface area contributed by atoms with E-state index in [4.69, 9.17) is 39.5 Å². The minimum absolute atomic E-state index is 0.344. The fourth-order valence-electron chi connectivity index (χ4n) is 1.85. The maximum absolute atomic E-state index is 6.55. The predicted molar refractivity (Wildman–Crippen MR) is 94.5 cm³/mol. The zero-order valence-corrected chi connectivity index (χ0v) is 15.1. The van der Waals surface area contributed by atoms with Crippen LogP contribution in [0.4, 0.5) is 0 Å². The van der Waals surface area contributed by atoms with E-state index in [1.165, 1.54) is 0 Å². The summed E-state index contributed by atoms with van der Waals surface area (Å²) in [5, 5.41) is 0.726. The third-order valence-corrected chi connectivity index (χ3v) is 4.88. The summed E-state index contributed by atoms with van der Waals surface area (Å²) in [6, 6.07) is 11.4. The molecule has 0 saturated carbocycles. The molecule has 0 radical (unpaired) electrons. The molecule has 1 unspecified atom stereocenters. The van der Waals surface area contributed by atoms with Crippen molar-refractivity contribution in [2.24, 2.45) is 0 Å². The van der Waals surface area contributed by atoms with Gasteiger partial charge in [-0.2, -0.15) is 0 Å². The molecule has 0 amide bonds. The highest BCUT2D eigenvalue weighted by Gasteiger charge is 2.19. The Morgan fingerprint density at radius 3 is 2.45 bits per heavy atom. The maximum Gasteiger partial charge on any atom is 0.139 e. The second kappa shape index (κ2) is 7.21. The molecule has 0 aliphatic rings. The first-order valence-electron chi connectivity index (χ1n) is 6.04. The van der Waals surface area contributed by atoms with Crippen LogP contribution in [-0.2, 0) is 0 Å². The predicted octanol–water partition coefficient (Wildman–Crippen LogP) is 6.32. The van der Waals surface area contributed by atoms with Crippen LogP contribution in [0.5, 0.6) is 5.75 Å². The molecule has 0 bridgehead atoms. The van der Waals surface area contributed by atoms with E-state index in [2.05, 4.69) is 22.6 Å². The van der Waals surface area contributed by atoms with E-state index in [-0.39, 0.29) is 5.38 Å². The highest BCUT2D eigenvalue weighted by Crippen LogP contribution is 2.40. The van der Waals surface area contributed by atoms with E-state index in [9.17, 15) is 0 Å². The van der Waals surface area contributed by atoms with Crippen molar-refractivity contribution < 1.29 is 4.74 Å². The number of alkyl halides is 1. The quantitative estimate of drug-likeness (QED) is 0.398. The highest BCUT2D eigenvalue weighted by molar-refractivity contribution is 14.1. The van der Waals surface area contributed by atoms with Crippen LogP contribution in [0.15, 0.2) is 36.4 Å². The normalized spacial score (nSPS) is 12.2. The van der Waals surface area contributed by atoms with Crippen LogP contribution in [0, 0.1) is 3.57 Å². The van der Waals surface area contributed by atoms with Gasteiger partial charge >= 0.3 is 0 Å². The second-order valence-corrected chi connectivity index (χ2v) is 6.53. The SMILES string of the molecule is CCOc1cc(Cl)c(C(Cl)c2ccccc2I)cc1Cl. The topological polar surface area (TPSA) is 9.23 Å². The molecule has 2 aromatic carbocycles. The van der Waals surface area contributed by atoms with Crippen molar-refractivity contribution in [2.45, 2.75) is 12.3 Å². The van der Waals surface area contributed by atoms with E-state index >= 15 is 0 Å². The van der Waals surface area contributed by atoms with Gasteiger partial charge in [-0.25, -0.2) is 0 Å². The summed E-state index contributed by atoms with van der Waals surface area (Å²) in [4.78, 5) is 0. The van der Waals surface area contributed by atoms with Crippen molar-refractivity contribution in [1.82, 2.24) is 0 Å². The molecule has 1 nitrogen and oxygen atoms in total. The Kier molecular flexibility index (Phi) is 5.84. The third kappa shape index (κ3) is 3.53. The fourth-order valence-corrected chi connectivity index (χ4v) is 3.65. The Morgan fingerprint density at radius 2 is 1.80 bits per heavy atom. The first kappa shape index (κ1) is 16.2. The molecule has 0 spiro atoms. The lowest BCUT2D eigenvalue weighted by molar-refractivity contribution is 0.340. The minimum Gasteiger partial charge on any atom is -0.492 e. The summed E-state index contributed by atoms with van der Waals surface area (Å²) in [7, 11) is 0. The molecule has 1 atom stereocenters. The summed E-state index contributed by atoms with van der Waals surface area (Å²) < 4.78 is 6.51. The number of benzene rings is 2. The molecule has 106 valence electrons. The van der Waals surface area contributed by atoms with Crippen LogP contribution < -0.4 is 4.74 Å². The van der Waals surface area contributed by atoms with Crippen molar-refractivity contribution in [3.05, 3.63) is 61.1 Å². The molecule has 2 aromatic rings. The molecule has 20 heavy (non-hydrogen) atoms. The lowest BCUT2D eigenvalue weighted by Gasteiger charge is -2.16. The lowest BCUT2D eigenvalue weighted by Crippen LogP contribution is -1.99. The van der Waals surface area contributed by atoms with Gasteiger partial charge in [0, 0.05) is 14.7 Å². The minimum atomic E-state index is -0.344. The Morgan fingerprint density at radius 1 is 1.10 bits per heavy atom. The van der Waals surface area contributed by atoms with Gasteiger partial charge in [0.25, 0.3) is 0 Å². The molecule has 0 fully saturated rings. The van der Waals surface area contributed by atoms with Gasteiger partial charge in [0.15, 0.2) is 0 Å². The Bertz CT molecular complexity index is 616. The van der Waals surface area contributed by atoms with E-state index in [1.54, 1.807) is 12.1 Å². The summed E-state index contributed by atoms with van der Waals surface area (Å²) in [5.74, 6) is 0.578. The molecule has 0 N–H and O–H groups in total. The number of hydrogen-bond donors (Lipinski definition) is 0.